The fraction of sp³-hybridized carbons (Fsp3) is 0.400. The van der Waals surface area contributed by atoms with Crippen LogP contribution in [0.5, 0.6) is 0 Å². The summed E-state index contributed by atoms with van der Waals surface area (Å²) in [7, 11) is 0. The quantitative estimate of drug-likeness (QED) is 0.884. The van der Waals surface area contributed by atoms with Crippen LogP contribution in [0.2, 0.25) is 0 Å². The number of halogens is 1. The van der Waals surface area contributed by atoms with Gasteiger partial charge in [-0.15, -0.1) is 0 Å². The lowest BCUT2D eigenvalue weighted by Gasteiger charge is -2.19. The molecule has 2 rings (SSSR count). The molecule has 2 aromatic rings. The number of carboxylic acid groups (broad SMARTS) is 1. The first kappa shape index (κ1) is 15.7. The molecule has 6 heteroatoms. The number of benzene rings is 1. The lowest BCUT2D eigenvalue weighted by molar-refractivity contribution is -0.139. The number of aromatic nitrogens is 2. The molecule has 21 heavy (non-hydrogen) atoms. The van der Waals surface area contributed by atoms with Crippen molar-refractivity contribution in [2.75, 3.05) is 0 Å². The number of aliphatic carboxylic acids is 1. The Morgan fingerprint density at radius 3 is 2.76 bits per heavy atom. The number of hydrogen-bond acceptors (Lipinski definition) is 4. The van der Waals surface area contributed by atoms with E-state index in [1.54, 1.807) is 0 Å². The van der Waals surface area contributed by atoms with Gasteiger partial charge >= 0.3 is 5.97 Å². The first-order chi connectivity index (χ1) is 9.77. The van der Waals surface area contributed by atoms with Crippen LogP contribution >= 0.6 is 15.9 Å². The zero-order valence-electron chi connectivity index (χ0n) is 12.2. The predicted octanol–water partition coefficient (Wildman–Crippen LogP) is 3.85. The van der Waals surface area contributed by atoms with Crippen molar-refractivity contribution in [3.8, 4) is 11.4 Å². The first-order valence-corrected chi connectivity index (χ1v) is 7.37. The van der Waals surface area contributed by atoms with Crippen LogP contribution in [-0.4, -0.2) is 21.2 Å². The summed E-state index contributed by atoms with van der Waals surface area (Å²) in [6, 6.07) is 5.84. The molecule has 1 aromatic carbocycles. The van der Waals surface area contributed by atoms with Gasteiger partial charge in [-0.25, -0.2) is 0 Å². The summed E-state index contributed by atoms with van der Waals surface area (Å²) >= 11 is 3.42. The fourth-order valence-corrected chi connectivity index (χ4v) is 2.67. The van der Waals surface area contributed by atoms with Crippen LogP contribution in [0.25, 0.3) is 11.4 Å². The Kier molecular flexibility index (Phi) is 4.46. The van der Waals surface area contributed by atoms with Crippen LogP contribution in [-0.2, 0) is 11.2 Å². The van der Waals surface area contributed by atoms with Crippen LogP contribution in [0.3, 0.4) is 0 Å². The average Bonchev–Trinajstić information content (AvgIpc) is 2.74. The van der Waals surface area contributed by atoms with Crippen molar-refractivity contribution in [3.05, 3.63) is 34.1 Å². The number of carbonyl (C=O) groups is 1. The van der Waals surface area contributed by atoms with Crippen LogP contribution < -0.4 is 0 Å². The van der Waals surface area contributed by atoms with Crippen molar-refractivity contribution in [1.29, 1.82) is 0 Å². The van der Waals surface area contributed by atoms with Gasteiger partial charge in [-0.2, -0.15) is 4.98 Å². The third-order valence-corrected chi connectivity index (χ3v) is 3.65. The summed E-state index contributed by atoms with van der Waals surface area (Å²) in [5.41, 5.74) is 1.52. The molecule has 112 valence electrons. The highest BCUT2D eigenvalue weighted by atomic mass is 79.9. The molecule has 0 saturated carbocycles. The van der Waals surface area contributed by atoms with Crippen molar-refractivity contribution in [1.82, 2.24) is 10.1 Å². The predicted molar refractivity (Wildman–Crippen MR) is 81.9 cm³/mol. The highest BCUT2D eigenvalue weighted by Crippen LogP contribution is 2.28. The molecule has 0 radical (unpaired) electrons. The Hall–Kier alpha value is -1.69. The standard InChI is InChI=1S/C15H17BrN2O3/c1-9-6-10(16)4-5-11(9)14-17-12(21-18-14)7-15(2,3)8-13(19)20/h4-6H,7-8H2,1-3H3,(H,19,20). The topological polar surface area (TPSA) is 76.2 Å². The van der Waals surface area contributed by atoms with E-state index >= 15 is 0 Å². The van der Waals surface area contributed by atoms with Gasteiger partial charge in [0, 0.05) is 16.5 Å². The van der Waals surface area contributed by atoms with Gasteiger partial charge in [0.05, 0.1) is 6.42 Å². The highest BCUT2D eigenvalue weighted by Gasteiger charge is 2.25. The summed E-state index contributed by atoms with van der Waals surface area (Å²) in [4.78, 5) is 15.2. The van der Waals surface area contributed by atoms with Gasteiger partial charge in [0.25, 0.3) is 0 Å². The molecule has 0 aliphatic heterocycles. The van der Waals surface area contributed by atoms with E-state index in [1.165, 1.54) is 0 Å². The molecule has 5 nitrogen and oxygen atoms in total. The molecule has 0 fully saturated rings. The summed E-state index contributed by atoms with van der Waals surface area (Å²) in [5, 5.41) is 12.9. The minimum atomic E-state index is -0.830. The molecular weight excluding hydrogens is 336 g/mol. The van der Waals surface area contributed by atoms with E-state index in [0.717, 1.165) is 15.6 Å². The van der Waals surface area contributed by atoms with Crippen molar-refractivity contribution >= 4 is 21.9 Å². The van der Waals surface area contributed by atoms with Crippen molar-refractivity contribution in [3.63, 3.8) is 0 Å². The molecule has 0 spiro atoms. The Labute approximate surface area is 131 Å². The maximum absolute atomic E-state index is 10.8. The van der Waals surface area contributed by atoms with Gasteiger partial charge in [-0.3, -0.25) is 4.79 Å². The number of carboxylic acids is 1. The minimum Gasteiger partial charge on any atom is -0.481 e. The maximum atomic E-state index is 10.8. The summed E-state index contributed by atoms with van der Waals surface area (Å²) in [6.07, 6.45) is 0.490. The van der Waals surface area contributed by atoms with E-state index in [4.69, 9.17) is 9.63 Å². The number of rotatable bonds is 5. The van der Waals surface area contributed by atoms with Crippen molar-refractivity contribution < 1.29 is 14.4 Å². The lowest BCUT2D eigenvalue weighted by atomic mass is 9.86. The second-order valence-electron chi connectivity index (χ2n) is 5.88. The zero-order valence-corrected chi connectivity index (χ0v) is 13.8. The van der Waals surface area contributed by atoms with Crippen LogP contribution in [0.4, 0.5) is 0 Å². The Balaban J connectivity index is 2.20. The normalized spacial score (nSPS) is 11.6. The number of nitrogens with zero attached hydrogens (tertiary/aromatic N) is 2. The SMILES string of the molecule is Cc1cc(Br)ccc1-c1noc(CC(C)(C)CC(=O)O)n1. The Bertz CT molecular complexity index is 665. The van der Waals surface area contributed by atoms with Crippen LogP contribution in [0.1, 0.15) is 31.7 Å². The lowest BCUT2D eigenvalue weighted by Crippen LogP contribution is -2.19. The maximum Gasteiger partial charge on any atom is 0.303 e. The van der Waals surface area contributed by atoms with E-state index in [9.17, 15) is 4.79 Å². The van der Waals surface area contributed by atoms with Crippen LogP contribution in [0, 0.1) is 12.3 Å². The van der Waals surface area contributed by atoms with E-state index in [1.807, 2.05) is 39.0 Å². The van der Waals surface area contributed by atoms with Gasteiger partial charge in [0.1, 0.15) is 0 Å². The molecule has 0 aliphatic carbocycles. The largest absolute Gasteiger partial charge is 0.481 e. The molecule has 0 aliphatic rings. The average molecular weight is 353 g/mol. The Morgan fingerprint density at radius 1 is 1.43 bits per heavy atom. The second-order valence-corrected chi connectivity index (χ2v) is 6.80. The fourth-order valence-electron chi connectivity index (χ4n) is 2.20. The molecule has 0 amide bonds. The minimum absolute atomic E-state index is 0.0576. The molecule has 1 aromatic heterocycles. The summed E-state index contributed by atoms with van der Waals surface area (Å²) in [5.74, 6) is 0.156. The molecular formula is C15H17BrN2O3. The number of hydrogen-bond donors (Lipinski definition) is 1. The third-order valence-electron chi connectivity index (χ3n) is 3.16. The molecule has 0 bridgehead atoms. The van der Waals surface area contributed by atoms with Gasteiger partial charge in [0.15, 0.2) is 0 Å². The molecule has 1 heterocycles. The van der Waals surface area contributed by atoms with E-state index in [2.05, 4.69) is 26.1 Å². The smallest absolute Gasteiger partial charge is 0.303 e. The van der Waals surface area contributed by atoms with Crippen LogP contribution in [0.15, 0.2) is 27.2 Å². The summed E-state index contributed by atoms with van der Waals surface area (Å²) in [6.45, 7) is 5.72. The van der Waals surface area contributed by atoms with Crippen molar-refractivity contribution in [2.24, 2.45) is 5.41 Å². The van der Waals surface area contributed by atoms with Gasteiger partial charge < -0.3 is 9.63 Å². The molecule has 0 atom stereocenters. The third kappa shape index (κ3) is 4.14. The summed E-state index contributed by atoms with van der Waals surface area (Å²) < 4.78 is 6.25. The van der Waals surface area contributed by atoms with Gasteiger partial charge in [-0.05, 0) is 36.1 Å². The second kappa shape index (κ2) is 5.97. The van der Waals surface area contributed by atoms with E-state index in [0.29, 0.717) is 18.1 Å². The van der Waals surface area contributed by atoms with E-state index < -0.39 is 11.4 Å². The van der Waals surface area contributed by atoms with Gasteiger partial charge in [-0.1, -0.05) is 34.9 Å². The monoisotopic (exact) mass is 352 g/mol. The Morgan fingerprint density at radius 2 is 2.14 bits per heavy atom. The van der Waals surface area contributed by atoms with Gasteiger partial charge in [0.2, 0.25) is 11.7 Å². The van der Waals surface area contributed by atoms with E-state index in [-0.39, 0.29) is 6.42 Å². The zero-order chi connectivity index (χ0) is 15.6. The first-order valence-electron chi connectivity index (χ1n) is 6.58. The molecule has 0 unspecified atom stereocenters. The van der Waals surface area contributed by atoms with Crippen molar-refractivity contribution in [2.45, 2.75) is 33.6 Å². The molecule has 1 N–H and O–H groups in total. The number of aryl methyl sites for hydroxylation is 1. The molecule has 0 saturated heterocycles. The highest BCUT2D eigenvalue weighted by molar-refractivity contribution is 9.10.